The van der Waals surface area contributed by atoms with Crippen LogP contribution in [0.1, 0.15) is 12.5 Å². The number of rotatable bonds is 7. The number of hydrogen-bond acceptors (Lipinski definition) is 3. The van der Waals surface area contributed by atoms with Crippen molar-refractivity contribution in [1.29, 1.82) is 0 Å². The maximum atomic E-state index is 12.2. The molecule has 0 saturated heterocycles. The molecule has 2 aromatic rings. The number of halogens is 3. The lowest BCUT2D eigenvalue weighted by Crippen LogP contribution is -2.35. The minimum atomic E-state index is -4.39. The van der Waals surface area contributed by atoms with Crippen LogP contribution in [0.3, 0.4) is 0 Å². The molecule has 0 aliphatic rings. The Morgan fingerprint density at radius 2 is 1.76 bits per heavy atom. The highest BCUT2D eigenvalue weighted by Crippen LogP contribution is 2.19. The van der Waals surface area contributed by atoms with E-state index >= 15 is 0 Å². The van der Waals surface area contributed by atoms with Gasteiger partial charge in [0.1, 0.15) is 11.5 Å². The predicted octanol–water partition coefficient (Wildman–Crippen LogP) is 3.71. The summed E-state index contributed by atoms with van der Waals surface area (Å²) in [6.45, 7) is 0.417. The third-order valence-corrected chi connectivity index (χ3v) is 3.19. The summed E-state index contributed by atoms with van der Waals surface area (Å²) in [7, 11) is 0. The van der Waals surface area contributed by atoms with Crippen LogP contribution in [0.25, 0.3) is 0 Å². The summed E-state index contributed by atoms with van der Waals surface area (Å²) in [6.07, 6.45) is -5.10. The molecule has 0 aliphatic carbocycles. The van der Waals surface area contributed by atoms with Crippen molar-refractivity contribution in [2.75, 3.05) is 6.61 Å². The van der Waals surface area contributed by atoms with Crippen LogP contribution in [0.15, 0.2) is 54.6 Å². The molecule has 4 nitrogen and oxygen atoms in total. The van der Waals surface area contributed by atoms with Crippen LogP contribution < -0.4 is 14.8 Å². The van der Waals surface area contributed by atoms with Crippen molar-refractivity contribution in [3.05, 3.63) is 60.2 Å². The molecule has 2 aromatic carbocycles. The number of alkyl halides is 3. The third kappa shape index (κ3) is 6.74. The minimum absolute atomic E-state index is 0.0951. The molecule has 0 saturated carbocycles. The smallest absolute Gasteiger partial charge is 0.422 e. The van der Waals surface area contributed by atoms with Gasteiger partial charge >= 0.3 is 6.18 Å². The van der Waals surface area contributed by atoms with Gasteiger partial charge in [-0.2, -0.15) is 13.2 Å². The molecular weight excluding hydrogens is 335 g/mol. The standard InChI is InChI=1S/C18H18F3NO3/c1-13(25-15-7-3-2-4-8-15)17(23)22-11-14-6-5-9-16(10-14)24-12-18(19,20)21/h2-10,13H,11-12H2,1H3,(H,22,23). The zero-order chi connectivity index (χ0) is 18.3. The Morgan fingerprint density at radius 3 is 2.44 bits per heavy atom. The van der Waals surface area contributed by atoms with Gasteiger partial charge in [-0.25, -0.2) is 0 Å². The van der Waals surface area contributed by atoms with Gasteiger partial charge in [-0.15, -0.1) is 0 Å². The maximum absolute atomic E-state index is 12.2. The summed E-state index contributed by atoms with van der Waals surface area (Å²) in [4.78, 5) is 12.0. The van der Waals surface area contributed by atoms with Gasteiger partial charge in [-0.1, -0.05) is 30.3 Å². The molecule has 1 unspecified atom stereocenters. The zero-order valence-electron chi connectivity index (χ0n) is 13.5. The minimum Gasteiger partial charge on any atom is -0.484 e. The Bertz CT molecular complexity index is 689. The van der Waals surface area contributed by atoms with Crippen LogP contribution >= 0.6 is 0 Å². The molecule has 0 aromatic heterocycles. The molecule has 134 valence electrons. The second-order valence-corrected chi connectivity index (χ2v) is 5.34. The monoisotopic (exact) mass is 353 g/mol. The van der Waals surface area contributed by atoms with Crippen molar-refractivity contribution in [2.45, 2.75) is 25.7 Å². The molecule has 0 fully saturated rings. The predicted molar refractivity (Wildman–Crippen MR) is 86.4 cm³/mol. The Hall–Kier alpha value is -2.70. The van der Waals surface area contributed by atoms with Gasteiger partial charge in [0.2, 0.25) is 0 Å². The first-order chi connectivity index (χ1) is 11.8. The fraction of sp³-hybridized carbons (Fsp3) is 0.278. The highest BCUT2D eigenvalue weighted by Gasteiger charge is 2.28. The van der Waals surface area contributed by atoms with Crippen molar-refractivity contribution in [2.24, 2.45) is 0 Å². The SMILES string of the molecule is CC(Oc1ccccc1)C(=O)NCc1cccc(OCC(F)(F)F)c1. The lowest BCUT2D eigenvalue weighted by Gasteiger charge is -2.15. The first-order valence-electron chi connectivity index (χ1n) is 7.61. The molecular formula is C18H18F3NO3. The second-order valence-electron chi connectivity index (χ2n) is 5.34. The second kappa shape index (κ2) is 8.41. The number of amides is 1. The van der Waals surface area contributed by atoms with Crippen LogP contribution in [-0.4, -0.2) is 24.8 Å². The molecule has 1 N–H and O–H groups in total. The van der Waals surface area contributed by atoms with Crippen molar-refractivity contribution in [1.82, 2.24) is 5.32 Å². The number of nitrogens with one attached hydrogen (secondary N) is 1. The van der Waals surface area contributed by atoms with Crippen LogP contribution in [-0.2, 0) is 11.3 Å². The zero-order valence-corrected chi connectivity index (χ0v) is 13.5. The first kappa shape index (κ1) is 18.6. The average molecular weight is 353 g/mol. The van der Waals surface area contributed by atoms with Crippen LogP contribution in [0.4, 0.5) is 13.2 Å². The molecule has 0 bridgehead atoms. The van der Waals surface area contributed by atoms with E-state index in [9.17, 15) is 18.0 Å². The van der Waals surface area contributed by atoms with E-state index in [-0.39, 0.29) is 18.2 Å². The molecule has 1 amide bonds. The summed E-state index contributed by atoms with van der Waals surface area (Å²) >= 11 is 0. The van der Waals surface area contributed by atoms with E-state index in [2.05, 4.69) is 10.1 Å². The number of ether oxygens (including phenoxy) is 2. The summed E-state index contributed by atoms with van der Waals surface area (Å²) in [6, 6.07) is 15.0. The number of hydrogen-bond donors (Lipinski definition) is 1. The molecule has 7 heteroatoms. The van der Waals surface area contributed by atoms with Gasteiger partial charge in [0.05, 0.1) is 0 Å². The van der Waals surface area contributed by atoms with Gasteiger partial charge in [0, 0.05) is 6.54 Å². The molecule has 0 heterocycles. The fourth-order valence-electron chi connectivity index (χ4n) is 2.00. The summed E-state index contributed by atoms with van der Waals surface area (Å²) in [5.74, 6) is 0.343. The maximum Gasteiger partial charge on any atom is 0.422 e. The number of benzene rings is 2. The number of para-hydroxylation sites is 1. The van der Waals surface area contributed by atoms with E-state index < -0.39 is 18.9 Å². The van der Waals surface area contributed by atoms with Crippen LogP contribution in [0.2, 0.25) is 0 Å². The highest BCUT2D eigenvalue weighted by molar-refractivity contribution is 5.80. The Balaban J connectivity index is 1.84. The van der Waals surface area contributed by atoms with E-state index in [4.69, 9.17) is 4.74 Å². The Morgan fingerprint density at radius 1 is 1.08 bits per heavy atom. The van der Waals surface area contributed by atoms with Crippen molar-refractivity contribution < 1.29 is 27.4 Å². The molecule has 25 heavy (non-hydrogen) atoms. The molecule has 1 atom stereocenters. The average Bonchev–Trinajstić information content (AvgIpc) is 2.58. The quantitative estimate of drug-likeness (QED) is 0.825. The normalized spacial score (nSPS) is 12.3. The van der Waals surface area contributed by atoms with Crippen LogP contribution in [0, 0.1) is 0 Å². The summed E-state index contributed by atoms with van der Waals surface area (Å²) in [5, 5.41) is 2.68. The van der Waals surface area contributed by atoms with Gasteiger partial charge < -0.3 is 14.8 Å². The van der Waals surface area contributed by atoms with E-state index in [1.54, 1.807) is 43.3 Å². The fourth-order valence-corrected chi connectivity index (χ4v) is 2.00. The topological polar surface area (TPSA) is 47.6 Å². The van der Waals surface area contributed by atoms with Crippen molar-refractivity contribution in [3.63, 3.8) is 0 Å². The van der Waals surface area contributed by atoms with Gasteiger partial charge in [0.15, 0.2) is 12.7 Å². The molecule has 0 radical (unpaired) electrons. The highest BCUT2D eigenvalue weighted by atomic mass is 19.4. The van der Waals surface area contributed by atoms with E-state index in [0.29, 0.717) is 11.3 Å². The molecule has 0 aliphatic heterocycles. The number of carbonyl (C=O) groups is 1. The van der Waals surface area contributed by atoms with Crippen LogP contribution in [0.5, 0.6) is 11.5 Å². The molecule has 0 spiro atoms. The van der Waals surface area contributed by atoms with Crippen molar-refractivity contribution in [3.8, 4) is 11.5 Å². The Kier molecular flexibility index (Phi) is 6.27. The lowest BCUT2D eigenvalue weighted by molar-refractivity contribution is -0.153. The van der Waals surface area contributed by atoms with Gasteiger partial charge in [-0.3, -0.25) is 4.79 Å². The van der Waals surface area contributed by atoms with E-state index in [0.717, 1.165) is 0 Å². The molecule has 2 rings (SSSR count). The van der Waals surface area contributed by atoms with Gasteiger partial charge in [-0.05, 0) is 36.8 Å². The summed E-state index contributed by atoms with van der Waals surface area (Å²) < 4.78 is 46.7. The summed E-state index contributed by atoms with van der Waals surface area (Å²) in [5.41, 5.74) is 0.625. The van der Waals surface area contributed by atoms with Gasteiger partial charge in [0.25, 0.3) is 5.91 Å². The van der Waals surface area contributed by atoms with E-state index in [1.807, 2.05) is 6.07 Å². The largest absolute Gasteiger partial charge is 0.484 e. The third-order valence-electron chi connectivity index (χ3n) is 3.19. The van der Waals surface area contributed by atoms with E-state index in [1.165, 1.54) is 12.1 Å². The lowest BCUT2D eigenvalue weighted by atomic mass is 10.2. The van der Waals surface area contributed by atoms with Crippen molar-refractivity contribution >= 4 is 5.91 Å². The first-order valence-corrected chi connectivity index (χ1v) is 7.61. The number of carbonyl (C=O) groups excluding carboxylic acids is 1. The Labute approximate surface area is 143 Å².